The molecule has 7 heteroatoms. The van der Waals surface area contributed by atoms with Crippen LogP contribution in [0.5, 0.6) is 0 Å². The summed E-state index contributed by atoms with van der Waals surface area (Å²) in [6.45, 7) is 8.58. The minimum atomic E-state index is -0.431. The Bertz CT molecular complexity index is 891. The number of amides is 2. The second kappa shape index (κ2) is 7.96. The Morgan fingerprint density at radius 1 is 1.43 bits per heavy atom. The lowest BCUT2D eigenvalue weighted by atomic mass is 9.91. The molecule has 1 aromatic heterocycles. The van der Waals surface area contributed by atoms with Gasteiger partial charge in [0.1, 0.15) is 11.5 Å². The van der Waals surface area contributed by atoms with Gasteiger partial charge in [0.05, 0.1) is 6.04 Å². The molecule has 1 aliphatic rings. The van der Waals surface area contributed by atoms with E-state index in [0.29, 0.717) is 13.1 Å². The molecule has 0 spiro atoms. The smallest absolute Gasteiger partial charge is 0.292 e. The molecule has 0 bridgehead atoms. The van der Waals surface area contributed by atoms with Gasteiger partial charge in [-0.2, -0.15) is 0 Å². The van der Waals surface area contributed by atoms with Crippen LogP contribution in [0, 0.1) is 11.2 Å². The first-order valence-electron chi connectivity index (χ1n) is 9.21. The molecule has 2 amide bonds. The number of halogens is 1. The average Bonchev–Trinajstić information content (AvgIpc) is 3.24. The van der Waals surface area contributed by atoms with Crippen molar-refractivity contribution in [3.63, 3.8) is 0 Å². The number of aromatic nitrogens is 1. The second-order valence-electron chi connectivity index (χ2n) is 7.81. The molecule has 1 atom stereocenters. The highest BCUT2D eigenvalue weighted by atomic mass is 19.1. The van der Waals surface area contributed by atoms with Crippen molar-refractivity contribution in [3.05, 3.63) is 54.6 Å². The molecule has 2 heterocycles. The van der Waals surface area contributed by atoms with Gasteiger partial charge in [0, 0.05) is 31.1 Å². The van der Waals surface area contributed by atoms with E-state index in [4.69, 9.17) is 4.52 Å². The van der Waals surface area contributed by atoms with E-state index >= 15 is 0 Å². The van der Waals surface area contributed by atoms with E-state index < -0.39 is 5.82 Å². The Morgan fingerprint density at radius 2 is 2.18 bits per heavy atom. The fraction of sp³-hybridized carbons (Fsp3) is 0.381. The summed E-state index contributed by atoms with van der Waals surface area (Å²) in [4.78, 5) is 26.5. The van der Waals surface area contributed by atoms with Gasteiger partial charge in [0.25, 0.3) is 5.91 Å². The number of benzene rings is 1. The number of nitrogens with one attached hydrogen (secondary N) is 1. The van der Waals surface area contributed by atoms with E-state index in [9.17, 15) is 14.0 Å². The van der Waals surface area contributed by atoms with Crippen LogP contribution in [0.4, 0.5) is 4.39 Å². The van der Waals surface area contributed by atoms with E-state index in [-0.39, 0.29) is 46.7 Å². The van der Waals surface area contributed by atoms with Gasteiger partial charge in [-0.3, -0.25) is 9.59 Å². The first-order valence-corrected chi connectivity index (χ1v) is 9.21. The number of carbonyl (C=O) groups is 2. The lowest BCUT2D eigenvalue weighted by molar-refractivity contribution is -0.120. The standard InChI is InChI=1S/C21H24FN3O3/c1-4-7-19(26)23-12-14-11-21(2,3)13-25(14)20(27)18-10-17(24-28-18)15-8-5-6-9-16(15)22/h4-6,8-10,14H,1,7,11-13H2,2-3H3,(H,23,26). The van der Waals surface area contributed by atoms with Crippen LogP contribution in [-0.4, -0.2) is 41.0 Å². The fourth-order valence-electron chi connectivity index (χ4n) is 3.57. The summed E-state index contributed by atoms with van der Waals surface area (Å²) in [5, 5.41) is 6.69. The Hall–Kier alpha value is -2.96. The minimum Gasteiger partial charge on any atom is -0.354 e. The van der Waals surface area contributed by atoms with Crippen LogP contribution in [0.15, 0.2) is 47.5 Å². The third-order valence-electron chi connectivity index (χ3n) is 4.82. The van der Waals surface area contributed by atoms with Crippen molar-refractivity contribution in [2.24, 2.45) is 5.41 Å². The average molecular weight is 385 g/mol. The van der Waals surface area contributed by atoms with Crippen LogP contribution >= 0.6 is 0 Å². The summed E-state index contributed by atoms with van der Waals surface area (Å²) in [5.74, 6) is -0.824. The Labute approximate surface area is 163 Å². The predicted octanol–water partition coefficient (Wildman–Crippen LogP) is 3.41. The van der Waals surface area contributed by atoms with Crippen LogP contribution in [0.25, 0.3) is 11.3 Å². The quantitative estimate of drug-likeness (QED) is 0.773. The monoisotopic (exact) mass is 385 g/mol. The zero-order chi connectivity index (χ0) is 20.3. The summed E-state index contributed by atoms with van der Waals surface area (Å²) in [6, 6.07) is 7.49. The molecule has 28 heavy (non-hydrogen) atoms. The highest BCUT2D eigenvalue weighted by Gasteiger charge is 2.41. The minimum absolute atomic E-state index is 0.0540. The molecule has 0 radical (unpaired) electrons. The van der Waals surface area contributed by atoms with E-state index in [1.165, 1.54) is 18.2 Å². The zero-order valence-electron chi connectivity index (χ0n) is 16.1. The molecule has 0 saturated carbocycles. The normalized spacial score (nSPS) is 18.1. The van der Waals surface area contributed by atoms with Crippen LogP contribution in [0.1, 0.15) is 37.2 Å². The van der Waals surface area contributed by atoms with Crippen molar-refractivity contribution >= 4 is 11.8 Å². The molecule has 3 rings (SSSR count). The van der Waals surface area contributed by atoms with Crippen molar-refractivity contribution in [2.45, 2.75) is 32.7 Å². The molecule has 148 valence electrons. The highest BCUT2D eigenvalue weighted by molar-refractivity contribution is 5.93. The van der Waals surface area contributed by atoms with Crippen LogP contribution in [-0.2, 0) is 4.79 Å². The lowest BCUT2D eigenvalue weighted by Gasteiger charge is -2.23. The third kappa shape index (κ3) is 4.30. The summed E-state index contributed by atoms with van der Waals surface area (Å²) in [6.07, 6.45) is 2.52. The Kier molecular flexibility index (Phi) is 5.63. The van der Waals surface area contributed by atoms with Gasteiger partial charge in [-0.25, -0.2) is 4.39 Å². The second-order valence-corrected chi connectivity index (χ2v) is 7.81. The largest absolute Gasteiger partial charge is 0.354 e. The molecule has 1 fully saturated rings. The number of rotatable bonds is 6. The summed E-state index contributed by atoms with van der Waals surface area (Å²) in [7, 11) is 0. The number of hydrogen-bond donors (Lipinski definition) is 1. The van der Waals surface area contributed by atoms with Crippen molar-refractivity contribution in [1.29, 1.82) is 0 Å². The van der Waals surface area contributed by atoms with Crippen molar-refractivity contribution in [2.75, 3.05) is 13.1 Å². The van der Waals surface area contributed by atoms with Gasteiger partial charge < -0.3 is 14.7 Å². The van der Waals surface area contributed by atoms with Crippen molar-refractivity contribution in [1.82, 2.24) is 15.4 Å². The van der Waals surface area contributed by atoms with Gasteiger partial charge in [-0.15, -0.1) is 6.58 Å². The van der Waals surface area contributed by atoms with Crippen molar-refractivity contribution < 1.29 is 18.5 Å². The van der Waals surface area contributed by atoms with Gasteiger partial charge in [-0.05, 0) is 24.0 Å². The van der Waals surface area contributed by atoms with Crippen molar-refractivity contribution in [3.8, 4) is 11.3 Å². The van der Waals surface area contributed by atoms with Crippen LogP contribution in [0.3, 0.4) is 0 Å². The third-order valence-corrected chi connectivity index (χ3v) is 4.82. The van der Waals surface area contributed by atoms with Gasteiger partial charge >= 0.3 is 0 Å². The maximum absolute atomic E-state index is 14.0. The number of nitrogens with zero attached hydrogens (tertiary/aromatic N) is 2. The SMILES string of the molecule is C=CCC(=O)NCC1CC(C)(C)CN1C(=O)c1cc(-c2ccccc2F)no1. The van der Waals surface area contributed by atoms with Gasteiger partial charge in [0.2, 0.25) is 11.7 Å². The number of carbonyl (C=O) groups excluding carboxylic acids is 2. The summed E-state index contributed by atoms with van der Waals surface area (Å²) < 4.78 is 19.2. The van der Waals surface area contributed by atoms with Crippen LogP contribution in [0.2, 0.25) is 0 Å². The van der Waals surface area contributed by atoms with Gasteiger partial charge in [0.15, 0.2) is 0 Å². The molecule has 0 aliphatic carbocycles. The van der Waals surface area contributed by atoms with E-state index in [0.717, 1.165) is 6.42 Å². The van der Waals surface area contributed by atoms with E-state index in [1.54, 1.807) is 23.1 Å². The molecule has 6 nitrogen and oxygen atoms in total. The Balaban J connectivity index is 1.77. The predicted molar refractivity (Wildman–Crippen MR) is 103 cm³/mol. The highest BCUT2D eigenvalue weighted by Crippen LogP contribution is 2.35. The molecule has 1 N–H and O–H groups in total. The first-order chi connectivity index (χ1) is 13.3. The molecular formula is C21H24FN3O3. The zero-order valence-corrected chi connectivity index (χ0v) is 16.1. The van der Waals surface area contributed by atoms with E-state index in [1.807, 2.05) is 0 Å². The lowest BCUT2D eigenvalue weighted by Crippen LogP contribution is -2.43. The molecule has 1 saturated heterocycles. The number of hydrogen-bond acceptors (Lipinski definition) is 4. The molecule has 2 aromatic rings. The topological polar surface area (TPSA) is 75.4 Å². The maximum Gasteiger partial charge on any atom is 0.292 e. The first kappa shape index (κ1) is 19.8. The summed E-state index contributed by atoms with van der Waals surface area (Å²) in [5.41, 5.74) is 0.466. The molecule has 1 unspecified atom stereocenters. The molecule has 1 aliphatic heterocycles. The summed E-state index contributed by atoms with van der Waals surface area (Å²) >= 11 is 0. The maximum atomic E-state index is 14.0. The molecule has 1 aromatic carbocycles. The van der Waals surface area contributed by atoms with Crippen LogP contribution < -0.4 is 5.32 Å². The molecular weight excluding hydrogens is 361 g/mol. The fourth-order valence-corrected chi connectivity index (χ4v) is 3.57. The van der Waals surface area contributed by atoms with E-state index in [2.05, 4.69) is 30.9 Å². The number of likely N-dealkylation sites (tertiary alicyclic amines) is 1. The Morgan fingerprint density at radius 3 is 2.89 bits per heavy atom. The van der Waals surface area contributed by atoms with Gasteiger partial charge in [-0.1, -0.05) is 37.2 Å².